The Morgan fingerprint density at radius 1 is 1.43 bits per heavy atom. The van der Waals surface area contributed by atoms with E-state index in [9.17, 15) is 4.79 Å². The largest absolute Gasteiger partial charge is 0.326 e. The average molecular weight is 188 g/mol. The zero-order valence-corrected chi connectivity index (χ0v) is 8.27. The Morgan fingerprint density at radius 2 is 2.00 bits per heavy atom. The number of hydrogen-bond donors (Lipinski definition) is 0. The summed E-state index contributed by atoms with van der Waals surface area (Å²) in [6.45, 7) is 1.45. The van der Waals surface area contributed by atoms with Crippen molar-refractivity contribution in [1.29, 1.82) is 5.26 Å². The van der Waals surface area contributed by atoms with Crippen molar-refractivity contribution in [2.45, 2.75) is 13.0 Å². The topological polar surface area (TPSA) is 44.1 Å². The molecule has 1 aromatic carbocycles. The molecule has 72 valence electrons. The number of amides is 1. The van der Waals surface area contributed by atoms with E-state index in [0.29, 0.717) is 0 Å². The van der Waals surface area contributed by atoms with Crippen LogP contribution < -0.4 is 0 Å². The normalized spacial score (nSPS) is 11.5. The Labute approximate surface area is 83.6 Å². The minimum absolute atomic E-state index is 0.111. The zero-order chi connectivity index (χ0) is 10.6. The molecule has 1 aromatic rings. The SMILES string of the molecule is CC(=O)N(C)C(C#N)c1ccccc1. The second kappa shape index (κ2) is 4.43. The molecule has 1 unspecified atom stereocenters. The molecule has 0 saturated carbocycles. The highest BCUT2D eigenvalue weighted by atomic mass is 16.2. The Hall–Kier alpha value is -1.82. The number of nitrogens with zero attached hydrogens (tertiary/aromatic N) is 2. The van der Waals surface area contributed by atoms with Gasteiger partial charge in [0, 0.05) is 14.0 Å². The van der Waals surface area contributed by atoms with Gasteiger partial charge in [0.25, 0.3) is 0 Å². The lowest BCUT2D eigenvalue weighted by Crippen LogP contribution is -2.28. The third kappa shape index (κ3) is 2.11. The molecule has 14 heavy (non-hydrogen) atoms. The van der Waals surface area contributed by atoms with Gasteiger partial charge < -0.3 is 4.90 Å². The van der Waals surface area contributed by atoms with Crippen LogP contribution in [0.25, 0.3) is 0 Å². The maximum Gasteiger partial charge on any atom is 0.220 e. The van der Waals surface area contributed by atoms with Crippen molar-refractivity contribution in [3.8, 4) is 6.07 Å². The van der Waals surface area contributed by atoms with Gasteiger partial charge in [-0.1, -0.05) is 30.3 Å². The quantitative estimate of drug-likeness (QED) is 0.709. The van der Waals surface area contributed by atoms with Crippen molar-refractivity contribution in [2.75, 3.05) is 7.05 Å². The van der Waals surface area contributed by atoms with Crippen molar-refractivity contribution in [1.82, 2.24) is 4.90 Å². The smallest absolute Gasteiger partial charge is 0.220 e. The van der Waals surface area contributed by atoms with Crippen LogP contribution in [-0.2, 0) is 4.79 Å². The van der Waals surface area contributed by atoms with Gasteiger partial charge in [0.1, 0.15) is 6.04 Å². The van der Waals surface area contributed by atoms with Crippen LogP contribution in [-0.4, -0.2) is 17.9 Å². The van der Waals surface area contributed by atoms with E-state index in [1.807, 2.05) is 30.3 Å². The van der Waals surface area contributed by atoms with Gasteiger partial charge >= 0.3 is 0 Å². The van der Waals surface area contributed by atoms with Crippen molar-refractivity contribution in [3.63, 3.8) is 0 Å². The standard InChI is InChI=1S/C11H12N2O/c1-9(14)13(2)11(8-12)10-6-4-3-5-7-10/h3-7,11H,1-2H3. The zero-order valence-electron chi connectivity index (χ0n) is 8.27. The van der Waals surface area contributed by atoms with Gasteiger partial charge in [0.15, 0.2) is 0 Å². The van der Waals surface area contributed by atoms with Gasteiger partial charge in [-0.25, -0.2) is 0 Å². The third-order valence-electron chi connectivity index (χ3n) is 2.12. The molecule has 0 bridgehead atoms. The maximum absolute atomic E-state index is 11.1. The summed E-state index contributed by atoms with van der Waals surface area (Å²) in [5, 5.41) is 8.95. The lowest BCUT2D eigenvalue weighted by molar-refractivity contribution is -0.128. The predicted octanol–water partition coefficient (Wildman–Crippen LogP) is 1.73. The van der Waals surface area contributed by atoms with Crippen LogP contribution in [0, 0.1) is 11.3 Å². The fraction of sp³-hybridized carbons (Fsp3) is 0.273. The van der Waals surface area contributed by atoms with E-state index >= 15 is 0 Å². The molecule has 0 aliphatic carbocycles. The Kier molecular flexibility index (Phi) is 3.24. The molecule has 0 heterocycles. The summed E-state index contributed by atoms with van der Waals surface area (Å²) >= 11 is 0. The molecule has 0 N–H and O–H groups in total. The molecule has 3 nitrogen and oxygen atoms in total. The molecule has 1 rings (SSSR count). The predicted molar refractivity (Wildman–Crippen MR) is 53.2 cm³/mol. The number of carbonyl (C=O) groups excluding carboxylic acids is 1. The number of hydrogen-bond acceptors (Lipinski definition) is 2. The van der Waals surface area contributed by atoms with Crippen molar-refractivity contribution >= 4 is 5.91 Å². The van der Waals surface area contributed by atoms with E-state index < -0.39 is 6.04 Å². The molecule has 1 amide bonds. The highest BCUT2D eigenvalue weighted by molar-refractivity contribution is 5.73. The lowest BCUT2D eigenvalue weighted by atomic mass is 10.1. The van der Waals surface area contributed by atoms with Gasteiger partial charge in [-0.15, -0.1) is 0 Å². The van der Waals surface area contributed by atoms with E-state index in [2.05, 4.69) is 6.07 Å². The summed E-state index contributed by atoms with van der Waals surface area (Å²) in [5.74, 6) is -0.111. The monoisotopic (exact) mass is 188 g/mol. The maximum atomic E-state index is 11.1. The van der Waals surface area contributed by atoms with Crippen molar-refractivity contribution < 1.29 is 4.79 Å². The fourth-order valence-corrected chi connectivity index (χ4v) is 1.20. The number of benzene rings is 1. The van der Waals surface area contributed by atoms with E-state index in [4.69, 9.17) is 5.26 Å². The molecule has 1 atom stereocenters. The molecular weight excluding hydrogens is 176 g/mol. The van der Waals surface area contributed by atoms with E-state index in [0.717, 1.165) is 5.56 Å². The fourth-order valence-electron chi connectivity index (χ4n) is 1.20. The Bertz CT molecular complexity index is 353. The molecule has 0 aromatic heterocycles. The van der Waals surface area contributed by atoms with Crippen LogP contribution >= 0.6 is 0 Å². The number of rotatable bonds is 2. The van der Waals surface area contributed by atoms with Crippen LogP contribution in [0.1, 0.15) is 18.5 Å². The lowest BCUT2D eigenvalue weighted by Gasteiger charge is -2.21. The molecule has 0 saturated heterocycles. The first-order chi connectivity index (χ1) is 6.66. The van der Waals surface area contributed by atoms with E-state index in [1.54, 1.807) is 7.05 Å². The second-order valence-electron chi connectivity index (χ2n) is 3.07. The highest BCUT2D eigenvalue weighted by Gasteiger charge is 2.17. The Balaban J connectivity index is 2.95. The number of carbonyl (C=O) groups is 1. The molecule has 0 aliphatic heterocycles. The number of nitriles is 1. The minimum atomic E-state index is -0.492. The van der Waals surface area contributed by atoms with Crippen LogP contribution in [0.3, 0.4) is 0 Å². The van der Waals surface area contributed by atoms with Crippen LogP contribution in [0.5, 0.6) is 0 Å². The van der Waals surface area contributed by atoms with Gasteiger partial charge in [0.05, 0.1) is 6.07 Å². The molecule has 3 heteroatoms. The first kappa shape index (κ1) is 10.3. The average Bonchev–Trinajstić information content (AvgIpc) is 2.20. The van der Waals surface area contributed by atoms with Crippen LogP contribution in [0.4, 0.5) is 0 Å². The highest BCUT2D eigenvalue weighted by Crippen LogP contribution is 2.17. The first-order valence-corrected chi connectivity index (χ1v) is 4.34. The molecular formula is C11H12N2O. The van der Waals surface area contributed by atoms with E-state index in [-0.39, 0.29) is 5.91 Å². The first-order valence-electron chi connectivity index (χ1n) is 4.34. The molecule has 0 fully saturated rings. The van der Waals surface area contributed by atoms with Crippen molar-refractivity contribution in [2.24, 2.45) is 0 Å². The van der Waals surface area contributed by atoms with Gasteiger partial charge in [-0.05, 0) is 5.56 Å². The summed E-state index contributed by atoms with van der Waals surface area (Å²) < 4.78 is 0. The minimum Gasteiger partial charge on any atom is -0.326 e. The summed E-state index contributed by atoms with van der Waals surface area (Å²) in [6.07, 6.45) is 0. The van der Waals surface area contributed by atoms with E-state index in [1.165, 1.54) is 11.8 Å². The van der Waals surface area contributed by atoms with Crippen LogP contribution in [0.15, 0.2) is 30.3 Å². The molecule has 0 spiro atoms. The summed E-state index contributed by atoms with van der Waals surface area (Å²) in [7, 11) is 1.63. The third-order valence-corrected chi connectivity index (χ3v) is 2.12. The summed E-state index contributed by atoms with van der Waals surface area (Å²) in [6, 6.07) is 10.9. The summed E-state index contributed by atoms with van der Waals surface area (Å²) in [4.78, 5) is 12.5. The molecule has 0 aliphatic rings. The van der Waals surface area contributed by atoms with Gasteiger partial charge in [0.2, 0.25) is 5.91 Å². The second-order valence-corrected chi connectivity index (χ2v) is 3.07. The van der Waals surface area contributed by atoms with Gasteiger partial charge in [-0.2, -0.15) is 5.26 Å². The summed E-state index contributed by atoms with van der Waals surface area (Å²) in [5.41, 5.74) is 0.840. The van der Waals surface area contributed by atoms with Gasteiger partial charge in [-0.3, -0.25) is 4.79 Å². The van der Waals surface area contributed by atoms with Crippen LogP contribution in [0.2, 0.25) is 0 Å². The van der Waals surface area contributed by atoms with Crippen molar-refractivity contribution in [3.05, 3.63) is 35.9 Å². The molecule has 0 radical (unpaired) electrons. The Morgan fingerprint density at radius 3 is 2.43 bits per heavy atom.